The van der Waals surface area contributed by atoms with Crippen molar-refractivity contribution in [1.29, 1.82) is 0 Å². The number of nitrogens with zero attached hydrogens (tertiary/aromatic N) is 1. The van der Waals surface area contributed by atoms with Gasteiger partial charge in [0.05, 0.1) is 26.2 Å². The van der Waals surface area contributed by atoms with Crippen LogP contribution in [0.5, 0.6) is 34.5 Å². The number of carbonyl (C=O) groups excluding carboxylic acids is 2. The number of ether oxygens (including phenoxy) is 2. The van der Waals surface area contributed by atoms with Crippen molar-refractivity contribution in [2.45, 2.75) is 18.9 Å². The lowest BCUT2D eigenvalue weighted by Gasteiger charge is -2.28. The molecule has 238 valence electrons. The van der Waals surface area contributed by atoms with Gasteiger partial charge in [-0.1, -0.05) is 36.4 Å². The number of likely N-dealkylation sites (tertiary alicyclic amines) is 1. The molecular formula is C36H36N2O8. The highest BCUT2D eigenvalue weighted by atomic mass is 16.5. The molecule has 1 aliphatic heterocycles. The molecule has 0 saturated carbocycles. The van der Waals surface area contributed by atoms with Crippen molar-refractivity contribution >= 4 is 17.9 Å². The van der Waals surface area contributed by atoms with E-state index >= 15 is 0 Å². The average molecular weight is 625 g/mol. The van der Waals surface area contributed by atoms with Gasteiger partial charge < -0.3 is 40.1 Å². The van der Waals surface area contributed by atoms with Crippen LogP contribution in [0.25, 0.3) is 6.08 Å². The number of rotatable bonds is 11. The third-order valence-electron chi connectivity index (χ3n) is 8.08. The van der Waals surface area contributed by atoms with Crippen molar-refractivity contribution in [2.75, 3.05) is 27.3 Å². The summed E-state index contributed by atoms with van der Waals surface area (Å²) in [5, 5.41) is 42.8. The molecule has 0 aromatic heterocycles. The van der Waals surface area contributed by atoms with Crippen molar-refractivity contribution < 1.29 is 39.5 Å². The van der Waals surface area contributed by atoms with Gasteiger partial charge in [-0.2, -0.15) is 0 Å². The summed E-state index contributed by atoms with van der Waals surface area (Å²) in [4.78, 5) is 30.1. The van der Waals surface area contributed by atoms with Crippen LogP contribution in [0.3, 0.4) is 0 Å². The zero-order chi connectivity index (χ0) is 32.8. The maximum Gasteiger partial charge on any atom is 0.251 e. The minimum Gasteiger partial charge on any atom is -0.508 e. The summed E-state index contributed by atoms with van der Waals surface area (Å²) in [6, 6.07) is 22.2. The lowest BCUT2D eigenvalue weighted by molar-refractivity contribution is -0.126. The molecule has 2 amide bonds. The largest absolute Gasteiger partial charge is 0.508 e. The Hall–Kier alpha value is -5.64. The second kappa shape index (κ2) is 14.0. The topological polar surface area (TPSA) is 149 Å². The highest BCUT2D eigenvalue weighted by Gasteiger charge is 2.48. The van der Waals surface area contributed by atoms with Gasteiger partial charge >= 0.3 is 0 Å². The maximum atomic E-state index is 14.3. The monoisotopic (exact) mass is 624 g/mol. The van der Waals surface area contributed by atoms with E-state index in [1.54, 1.807) is 83.8 Å². The lowest BCUT2D eigenvalue weighted by atomic mass is 9.88. The van der Waals surface area contributed by atoms with Gasteiger partial charge in [-0.05, 0) is 89.7 Å². The van der Waals surface area contributed by atoms with Gasteiger partial charge in [0, 0.05) is 18.7 Å². The number of nitrogens with one attached hydrogen (secondary N) is 1. The highest BCUT2D eigenvalue weighted by Crippen LogP contribution is 2.45. The Kier molecular flexibility index (Phi) is 9.66. The first-order valence-electron chi connectivity index (χ1n) is 14.8. The van der Waals surface area contributed by atoms with E-state index in [0.29, 0.717) is 24.0 Å². The van der Waals surface area contributed by atoms with Gasteiger partial charge in [0.15, 0.2) is 23.0 Å². The predicted molar refractivity (Wildman–Crippen MR) is 172 cm³/mol. The Morgan fingerprint density at radius 2 is 1.35 bits per heavy atom. The molecule has 10 nitrogen and oxygen atoms in total. The molecule has 2 atom stereocenters. The van der Waals surface area contributed by atoms with E-state index in [4.69, 9.17) is 9.47 Å². The van der Waals surface area contributed by atoms with Crippen molar-refractivity contribution in [3.8, 4) is 34.5 Å². The zero-order valence-electron chi connectivity index (χ0n) is 25.5. The fraction of sp³-hybridized carbons (Fsp3) is 0.222. The first-order chi connectivity index (χ1) is 22.2. The van der Waals surface area contributed by atoms with Gasteiger partial charge in [-0.3, -0.25) is 9.59 Å². The predicted octanol–water partition coefficient (Wildman–Crippen LogP) is 4.71. The fourth-order valence-electron chi connectivity index (χ4n) is 5.68. The molecule has 1 saturated heterocycles. The van der Waals surface area contributed by atoms with Crippen molar-refractivity contribution in [3.05, 3.63) is 113 Å². The van der Waals surface area contributed by atoms with E-state index < -0.39 is 12.0 Å². The normalized spacial score (nSPS) is 16.9. The van der Waals surface area contributed by atoms with Gasteiger partial charge in [0.2, 0.25) is 5.91 Å². The van der Waals surface area contributed by atoms with Crippen LogP contribution in [-0.2, 0) is 22.4 Å². The summed E-state index contributed by atoms with van der Waals surface area (Å²) in [6.45, 7) is 0.540. The average Bonchev–Trinajstić information content (AvgIpc) is 3.33. The summed E-state index contributed by atoms with van der Waals surface area (Å²) >= 11 is 0. The van der Waals surface area contributed by atoms with Crippen LogP contribution in [0.1, 0.15) is 28.3 Å². The number of phenols is 4. The first-order valence-corrected chi connectivity index (χ1v) is 14.8. The maximum absolute atomic E-state index is 14.3. The molecule has 0 spiro atoms. The minimum absolute atomic E-state index is 0.0597. The molecule has 1 heterocycles. The first kappa shape index (κ1) is 31.8. The Labute approximate surface area is 266 Å². The van der Waals surface area contributed by atoms with Crippen molar-refractivity contribution in [1.82, 2.24) is 10.2 Å². The van der Waals surface area contributed by atoms with E-state index in [-0.39, 0.29) is 65.0 Å². The molecule has 5 rings (SSSR count). The quantitative estimate of drug-likeness (QED) is 0.151. The summed E-state index contributed by atoms with van der Waals surface area (Å²) in [5.41, 5.74) is 3.21. The number of hydrogen-bond donors (Lipinski definition) is 5. The number of carbonyl (C=O) groups is 2. The van der Waals surface area contributed by atoms with E-state index in [1.165, 1.54) is 26.4 Å². The number of phenolic OH excluding ortho intramolecular Hbond substituents is 4. The SMILES string of the molecule is COc1cc(/C=C2\C(=O)N(CCc3ccc(O)cc3)[C@H](c3ccc(O)c(OC)c3)[C@H]2C(=O)NCCc2ccc(O)cc2)ccc1O. The molecule has 46 heavy (non-hydrogen) atoms. The zero-order valence-corrected chi connectivity index (χ0v) is 25.5. The molecule has 0 bridgehead atoms. The van der Waals surface area contributed by atoms with Gasteiger partial charge in [0.1, 0.15) is 11.5 Å². The molecule has 0 unspecified atom stereocenters. The second-order valence-electron chi connectivity index (χ2n) is 11.0. The summed E-state index contributed by atoms with van der Waals surface area (Å²) in [7, 11) is 2.86. The van der Waals surface area contributed by atoms with Crippen LogP contribution in [-0.4, -0.2) is 64.4 Å². The number of methoxy groups -OCH3 is 2. The van der Waals surface area contributed by atoms with Crippen molar-refractivity contribution in [3.63, 3.8) is 0 Å². The molecule has 0 radical (unpaired) electrons. The van der Waals surface area contributed by atoms with E-state index in [2.05, 4.69) is 5.32 Å². The highest BCUT2D eigenvalue weighted by molar-refractivity contribution is 6.07. The number of aromatic hydroxyl groups is 4. The Morgan fingerprint density at radius 3 is 1.96 bits per heavy atom. The van der Waals surface area contributed by atoms with Gasteiger partial charge in [0.25, 0.3) is 5.91 Å². The van der Waals surface area contributed by atoms with Gasteiger partial charge in [-0.15, -0.1) is 0 Å². The molecule has 5 N–H and O–H groups in total. The number of amides is 2. The molecular weight excluding hydrogens is 588 g/mol. The second-order valence-corrected chi connectivity index (χ2v) is 11.0. The molecule has 10 heteroatoms. The van der Waals surface area contributed by atoms with E-state index in [9.17, 15) is 30.0 Å². The smallest absolute Gasteiger partial charge is 0.251 e. The summed E-state index contributed by atoms with van der Waals surface area (Å²) in [5.74, 6) is -1.10. The Balaban J connectivity index is 1.56. The molecule has 4 aromatic carbocycles. The third-order valence-corrected chi connectivity index (χ3v) is 8.08. The van der Waals surface area contributed by atoms with Crippen LogP contribution in [0, 0.1) is 5.92 Å². The number of hydrogen-bond acceptors (Lipinski definition) is 8. The minimum atomic E-state index is -0.957. The van der Waals surface area contributed by atoms with Crippen molar-refractivity contribution in [2.24, 2.45) is 5.92 Å². The summed E-state index contributed by atoms with van der Waals surface area (Å²) < 4.78 is 10.7. The molecule has 1 fully saturated rings. The third kappa shape index (κ3) is 7.02. The van der Waals surface area contributed by atoms with Crippen LogP contribution in [0.2, 0.25) is 0 Å². The Bertz CT molecular complexity index is 1730. The molecule has 0 aliphatic carbocycles. The molecule has 1 aliphatic rings. The standard InChI is InChI=1S/C36H36N2O8/c1-45-31-20-24(7-13-29(31)41)19-28-33(35(43)37-17-15-22-3-9-26(39)10-4-22)34(25-8-14-30(42)32(21-25)46-2)38(36(28)44)18-16-23-5-11-27(40)12-6-23/h3-14,19-21,33-34,39-42H,15-18H2,1-2H3,(H,37,43)/b28-19-/t33-,34+/m0/s1. The van der Waals surface area contributed by atoms with E-state index in [0.717, 1.165) is 11.1 Å². The van der Waals surface area contributed by atoms with Gasteiger partial charge in [-0.25, -0.2) is 0 Å². The Morgan fingerprint density at radius 1 is 0.783 bits per heavy atom. The molecule has 4 aromatic rings. The van der Waals surface area contributed by atoms with E-state index in [1.807, 2.05) is 0 Å². The van der Waals surface area contributed by atoms with Crippen LogP contribution in [0.15, 0.2) is 90.5 Å². The van der Waals surface area contributed by atoms with Crippen LogP contribution in [0.4, 0.5) is 0 Å². The number of benzene rings is 4. The van der Waals surface area contributed by atoms with Crippen LogP contribution >= 0.6 is 0 Å². The van der Waals surface area contributed by atoms with Crippen LogP contribution < -0.4 is 14.8 Å². The summed E-state index contributed by atoms with van der Waals surface area (Å²) in [6.07, 6.45) is 2.59. The lowest BCUT2D eigenvalue weighted by Crippen LogP contribution is -2.37. The fourth-order valence-corrected chi connectivity index (χ4v) is 5.68.